The van der Waals surface area contributed by atoms with Crippen molar-refractivity contribution < 1.29 is 18.5 Å². The van der Waals surface area contributed by atoms with Crippen LogP contribution in [0.3, 0.4) is 0 Å². The SMILES string of the molecule is CCN(CC)S(=O)(=O)c1ccc([C@H](C)[NH2+][C@H](C)C(=O)NC2CCCC2)cc1. The summed E-state index contributed by atoms with van der Waals surface area (Å²) in [6.07, 6.45) is 4.55. The first-order chi connectivity index (χ1) is 12.8. The zero-order valence-electron chi connectivity index (χ0n) is 16.9. The third kappa shape index (κ3) is 5.53. The second kappa shape index (κ2) is 9.66. The Hall–Kier alpha value is -1.44. The van der Waals surface area contributed by atoms with Crippen LogP contribution in [0.4, 0.5) is 0 Å². The normalized spacial score (nSPS) is 17.8. The summed E-state index contributed by atoms with van der Waals surface area (Å²) in [6.45, 7) is 8.54. The van der Waals surface area contributed by atoms with Crippen LogP contribution in [-0.4, -0.2) is 43.8 Å². The first-order valence-electron chi connectivity index (χ1n) is 10.0. The summed E-state index contributed by atoms with van der Waals surface area (Å²) in [7, 11) is -3.43. The molecule has 3 N–H and O–H groups in total. The van der Waals surface area contributed by atoms with Crippen LogP contribution in [0.5, 0.6) is 0 Å². The Morgan fingerprint density at radius 1 is 1.15 bits per heavy atom. The van der Waals surface area contributed by atoms with Crippen LogP contribution in [0.2, 0.25) is 0 Å². The predicted octanol–water partition coefficient (Wildman–Crippen LogP) is 1.79. The van der Waals surface area contributed by atoms with Crippen LogP contribution in [0, 0.1) is 0 Å². The van der Waals surface area contributed by atoms with Gasteiger partial charge < -0.3 is 10.6 Å². The lowest BCUT2D eigenvalue weighted by Crippen LogP contribution is -2.92. The summed E-state index contributed by atoms with van der Waals surface area (Å²) in [6, 6.07) is 7.23. The molecule has 6 nitrogen and oxygen atoms in total. The molecule has 1 aromatic rings. The number of nitrogens with two attached hydrogens (primary N) is 1. The van der Waals surface area contributed by atoms with E-state index >= 15 is 0 Å². The van der Waals surface area contributed by atoms with Crippen molar-refractivity contribution >= 4 is 15.9 Å². The highest BCUT2D eigenvalue weighted by molar-refractivity contribution is 7.89. The van der Waals surface area contributed by atoms with Gasteiger partial charge in [-0.1, -0.05) is 38.8 Å². The Labute approximate surface area is 163 Å². The molecule has 0 aromatic heterocycles. The van der Waals surface area contributed by atoms with Gasteiger partial charge in [-0.2, -0.15) is 4.31 Å². The highest BCUT2D eigenvalue weighted by Crippen LogP contribution is 2.19. The molecule has 2 atom stereocenters. The second-order valence-electron chi connectivity index (χ2n) is 7.42. The van der Waals surface area contributed by atoms with E-state index in [1.807, 2.05) is 45.1 Å². The summed E-state index contributed by atoms with van der Waals surface area (Å²) in [4.78, 5) is 12.7. The van der Waals surface area contributed by atoms with E-state index < -0.39 is 10.0 Å². The van der Waals surface area contributed by atoms with Gasteiger partial charge in [-0.3, -0.25) is 4.79 Å². The maximum absolute atomic E-state index is 12.6. The molecule has 0 radical (unpaired) electrons. The highest BCUT2D eigenvalue weighted by atomic mass is 32.2. The lowest BCUT2D eigenvalue weighted by Gasteiger charge is -2.20. The van der Waals surface area contributed by atoms with Crippen molar-refractivity contribution in [2.45, 2.75) is 76.4 Å². The lowest BCUT2D eigenvalue weighted by atomic mass is 10.1. The van der Waals surface area contributed by atoms with Gasteiger partial charge in [0, 0.05) is 24.7 Å². The molecule has 0 unspecified atom stereocenters. The Bertz CT molecular complexity index is 708. The summed E-state index contributed by atoms with van der Waals surface area (Å²) in [5.74, 6) is 0.0782. The van der Waals surface area contributed by atoms with Gasteiger partial charge in [0.05, 0.1) is 4.90 Å². The van der Waals surface area contributed by atoms with Crippen LogP contribution < -0.4 is 10.6 Å². The van der Waals surface area contributed by atoms with E-state index in [1.54, 1.807) is 12.1 Å². The number of carbonyl (C=O) groups excluding carboxylic acids is 1. The largest absolute Gasteiger partial charge is 0.348 e. The van der Waals surface area contributed by atoms with E-state index in [1.165, 1.54) is 17.1 Å². The molecule has 1 amide bonds. The maximum Gasteiger partial charge on any atom is 0.278 e. The number of hydrogen-bond acceptors (Lipinski definition) is 3. The number of rotatable bonds is 9. The molecule has 0 saturated heterocycles. The monoisotopic (exact) mass is 396 g/mol. The molecule has 0 heterocycles. The third-order valence-corrected chi connectivity index (χ3v) is 7.51. The maximum atomic E-state index is 12.6. The number of nitrogens with one attached hydrogen (secondary N) is 1. The Balaban J connectivity index is 1.98. The van der Waals surface area contributed by atoms with Crippen molar-refractivity contribution in [3.8, 4) is 0 Å². The fourth-order valence-electron chi connectivity index (χ4n) is 3.69. The molecule has 0 aliphatic heterocycles. The number of amides is 1. The number of quaternary nitrogens is 1. The molecule has 1 aliphatic carbocycles. The number of hydrogen-bond donors (Lipinski definition) is 2. The van der Waals surface area contributed by atoms with Gasteiger partial charge in [0.1, 0.15) is 6.04 Å². The molecule has 2 rings (SSSR count). The quantitative estimate of drug-likeness (QED) is 0.667. The van der Waals surface area contributed by atoms with Crippen LogP contribution >= 0.6 is 0 Å². The van der Waals surface area contributed by atoms with Gasteiger partial charge in [0.25, 0.3) is 5.91 Å². The van der Waals surface area contributed by atoms with Crippen molar-refractivity contribution in [2.24, 2.45) is 0 Å². The van der Waals surface area contributed by atoms with Crippen LogP contribution in [0.25, 0.3) is 0 Å². The van der Waals surface area contributed by atoms with Crippen molar-refractivity contribution in [3.63, 3.8) is 0 Å². The van der Waals surface area contributed by atoms with Crippen molar-refractivity contribution in [3.05, 3.63) is 29.8 Å². The number of benzene rings is 1. The van der Waals surface area contributed by atoms with Gasteiger partial charge in [-0.15, -0.1) is 0 Å². The summed E-state index contributed by atoms with van der Waals surface area (Å²) < 4.78 is 26.6. The summed E-state index contributed by atoms with van der Waals surface area (Å²) in [5.41, 5.74) is 1.01. The molecule has 1 aromatic carbocycles. The van der Waals surface area contributed by atoms with Crippen molar-refractivity contribution in [2.75, 3.05) is 13.1 Å². The van der Waals surface area contributed by atoms with E-state index in [4.69, 9.17) is 0 Å². The van der Waals surface area contributed by atoms with Crippen molar-refractivity contribution in [1.82, 2.24) is 9.62 Å². The Kier molecular flexibility index (Phi) is 7.82. The molecule has 1 fully saturated rings. The molecular weight excluding hydrogens is 362 g/mol. The summed E-state index contributed by atoms with van der Waals surface area (Å²) in [5, 5.41) is 5.16. The summed E-state index contributed by atoms with van der Waals surface area (Å²) >= 11 is 0. The van der Waals surface area contributed by atoms with Gasteiger partial charge in [-0.25, -0.2) is 8.42 Å². The minimum Gasteiger partial charge on any atom is -0.348 e. The molecule has 152 valence electrons. The van der Waals surface area contributed by atoms with Crippen LogP contribution in [-0.2, 0) is 14.8 Å². The van der Waals surface area contributed by atoms with E-state index in [-0.39, 0.29) is 18.0 Å². The van der Waals surface area contributed by atoms with Crippen LogP contribution in [0.15, 0.2) is 29.2 Å². The number of sulfonamides is 1. The smallest absolute Gasteiger partial charge is 0.278 e. The van der Waals surface area contributed by atoms with Gasteiger partial charge in [0.15, 0.2) is 6.04 Å². The minimum atomic E-state index is -3.43. The molecular formula is C20H34N3O3S+. The van der Waals surface area contributed by atoms with E-state index in [0.717, 1.165) is 18.4 Å². The molecule has 7 heteroatoms. The predicted molar refractivity (Wildman–Crippen MR) is 107 cm³/mol. The minimum absolute atomic E-state index is 0.0690. The van der Waals surface area contributed by atoms with Crippen molar-refractivity contribution in [1.29, 1.82) is 0 Å². The third-order valence-electron chi connectivity index (χ3n) is 5.44. The highest BCUT2D eigenvalue weighted by Gasteiger charge is 2.25. The van der Waals surface area contributed by atoms with Gasteiger partial charge >= 0.3 is 0 Å². The number of carbonyl (C=O) groups is 1. The fraction of sp³-hybridized carbons (Fsp3) is 0.650. The van der Waals surface area contributed by atoms with E-state index in [2.05, 4.69) is 5.32 Å². The topological polar surface area (TPSA) is 83.1 Å². The first-order valence-corrected chi connectivity index (χ1v) is 11.5. The molecule has 0 spiro atoms. The molecule has 1 saturated carbocycles. The zero-order chi connectivity index (χ0) is 20.0. The fourth-order valence-corrected chi connectivity index (χ4v) is 5.15. The Morgan fingerprint density at radius 3 is 2.22 bits per heavy atom. The molecule has 0 bridgehead atoms. The average molecular weight is 397 g/mol. The number of nitrogens with zero attached hydrogens (tertiary/aromatic N) is 1. The van der Waals surface area contributed by atoms with Gasteiger partial charge in [0.2, 0.25) is 10.0 Å². The lowest BCUT2D eigenvalue weighted by molar-refractivity contribution is -0.710. The zero-order valence-corrected chi connectivity index (χ0v) is 17.8. The average Bonchev–Trinajstić information content (AvgIpc) is 3.15. The first kappa shape index (κ1) is 21.9. The van der Waals surface area contributed by atoms with Gasteiger partial charge in [-0.05, 0) is 38.8 Å². The molecule has 27 heavy (non-hydrogen) atoms. The standard InChI is InChI=1S/C20H33N3O3S/c1-5-23(6-2)27(25,26)19-13-11-17(12-14-19)15(3)21-16(4)20(24)22-18-9-7-8-10-18/h11-16,18,21H,5-10H2,1-4H3,(H,22,24)/p+1/t15-,16+/m0/s1. The van der Waals surface area contributed by atoms with E-state index in [0.29, 0.717) is 24.0 Å². The Morgan fingerprint density at radius 2 is 1.70 bits per heavy atom. The second-order valence-corrected chi connectivity index (χ2v) is 9.36. The molecule has 1 aliphatic rings. The van der Waals surface area contributed by atoms with E-state index in [9.17, 15) is 13.2 Å². The van der Waals surface area contributed by atoms with Crippen LogP contribution in [0.1, 0.15) is 65.0 Å².